The maximum Gasteiger partial charge on any atom is 0.320 e. The summed E-state index contributed by atoms with van der Waals surface area (Å²) in [5.74, 6) is -0.987. The van der Waals surface area contributed by atoms with E-state index in [4.69, 9.17) is 22.3 Å². The van der Waals surface area contributed by atoms with E-state index in [0.717, 1.165) is 0 Å². The van der Waals surface area contributed by atoms with Crippen molar-refractivity contribution >= 4 is 11.9 Å². The molecule has 12 heavy (non-hydrogen) atoms. The van der Waals surface area contributed by atoms with Crippen molar-refractivity contribution in [1.82, 2.24) is 0 Å². The first-order chi connectivity index (χ1) is 5.54. The molecular weight excluding hydrogens is 166 g/mol. The number of carboxylic acid groups (broad SMARTS) is 1. The van der Waals surface area contributed by atoms with Crippen molar-refractivity contribution in [2.24, 2.45) is 22.2 Å². The highest BCUT2D eigenvalue weighted by Gasteiger charge is 2.09. The molecule has 6 nitrogen and oxygen atoms in total. The van der Waals surface area contributed by atoms with Gasteiger partial charge < -0.3 is 22.3 Å². The van der Waals surface area contributed by atoms with Crippen LogP contribution in [-0.4, -0.2) is 29.6 Å². The number of carboxylic acids is 1. The van der Waals surface area contributed by atoms with Gasteiger partial charge in [0.15, 0.2) is 5.96 Å². The van der Waals surface area contributed by atoms with Crippen LogP contribution in [0.2, 0.25) is 0 Å². The maximum atomic E-state index is 10.2. The summed E-state index contributed by atoms with van der Waals surface area (Å²) in [7, 11) is 0. The number of carbonyl (C=O) groups is 1. The lowest BCUT2D eigenvalue weighted by molar-refractivity contribution is -0.138. The lowest BCUT2D eigenvalue weighted by Gasteiger charge is -2.03. The fraction of sp³-hybridized carbons (Fsp3) is 0.667. The van der Waals surface area contributed by atoms with Gasteiger partial charge in [-0.25, -0.2) is 0 Å². The molecule has 0 bridgehead atoms. The van der Waals surface area contributed by atoms with Crippen LogP contribution in [0.3, 0.4) is 0 Å². The predicted molar refractivity (Wildman–Crippen MR) is 45.5 cm³/mol. The minimum atomic E-state index is -1.00. The highest BCUT2D eigenvalue weighted by molar-refractivity contribution is 5.75. The van der Waals surface area contributed by atoms with E-state index in [1.54, 1.807) is 0 Å². The third-order valence-electron chi connectivity index (χ3n) is 1.28. The predicted octanol–water partition coefficient (Wildman–Crippen LogP) is -1.55. The Hall–Kier alpha value is -1.30. The lowest BCUT2D eigenvalue weighted by Crippen LogP contribution is -2.30. The third-order valence-corrected chi connectivity index (χ3v) is 1.28. The summed E-state index contributed by atoms with van der Waals surface area (Å²) in [6, 6.07) is -0.820. The van der Waals surface area contributed by atoms with E-state index in [-0.39, 0.29) is 5.96 Å². The SMILES string of the molecule is N[13C](N)=N[13CH2][13CH2][13CH2][13C@@H](N)[13C](=O)O. The first-order valence-corrected chi connectivity index (χ1v) is 3.58. The molecule has 0 aromatic carbocycles. The molecule has 6 heteroatoms. The highest BCUT2D eigenvalue weighted by Crippen LogP contribution is 1.94. The average Bonchev–Trinajstić information content (AvgIpc) is 1.97. The van der Waals surface area contributed by atoms with Crippen LogP contribution in [0.4, 0.5) is 0 Å². The van der Waals surface area contributed by atoms with Crippen LogP contribution in [0.5, 0.6) is 0 Å². The second-order valence-corrected chi connectivity index (χ2v) is 2.39. The van der Waals surface area contributed by atoms with Crippen molar-refractivity contribution in [3.8, 4) is 0 Å². The fourth-order valence-electron chi connectivity index (χ4n) is 0.643. The van der Waals surface area contributed by atoms with Gasteiger partial charge >= 0.3 is 5.97 Å². The summed E-state index contributed by atoms with van der Waals surface area (Å²) in [6.45, 7) is 0.420. The summed E-state index contributed by atoms with van der Waals surface area (Å²) in [6.07, 6.45) is 0.956. The molecule has 0 saturated carbocycles. The minimum Gasteiger partial charge on any atom is -0.480 e. The van der Waals surface area contributed by atoms with E-state index in [2.05, 4.69) is 4.99 Å². The molecule has 0 radical (unpaired) electrons. The molecule has 0 unspecified atom stereocenters. The van der Waals surface area contributed by atoms with Gasteiger partial charge in [0.1, 0.15) is 6.04 Å². The molecule has 0 heterocycles. The molecule has 1 atom stereocenters. The van der Waals surface area contributed by atoms with Gasteiger partial charge in [0.2, 0.25) is 0 Å². The summed E-state index contributed by atoms with van der Waals surface area (Å²) in [5.41, 5.74) is 15.3. The van der Waals surface area contributed by atoms with Crippen LogP contribution >= 0.6 is 0 Å². The van der Waals surface area contributed by atoms with Gasteiger partial charge in [0.25, 0.3) is 0 Å². The van der Waals surface area contributed by atoms with Gasteiger partial charge in [0, 0.05) is 6.54 Å². The largest absolute Gasteiger partial charge is 0.480 e. The Bertz CT molecular complexity index is 176. The van der Waals surface area contributed by atoms with E-state index in [1.807, 2.05) is 0 Å². The van der Waals surface area contributed by atoms with Crippen LogP contribution in [0.15, 0.2) is 4.99 Å². The zero-order chi connectivity index (χ0) is 9.56. The van der Waals surface area contributed by atoms with Crippen molar-refractivity contribution in [3.63, 3.8) is 0 Å². The van der Waals surface area contributed by atoms with E-state index >= 15 is 0 Å². The van der Waals surface area contributed by atoms with Crippen LogP contribution in [0, 0.1) is 0 Å². The molecule has 0 aliphatic rings. The number of hydrogen-bond acceptors (Lipinski definition) is 3. The number of nitrogens with zero attached hydrogens (tertiary/aromatic N) is 1. The maximum absolute atomic E-state index is 10.2. The molecule has 0 fully saturated rings. The van der Waals surface area contributed by atoms with Gasteiger partial charge in [0.05, 0.1) is 0 Å². The van der Waals surface area contributed by atoms with E-state index in [1.165, 1.54) is 0 Å². The van der Waals surface area contributed by atoms with Crippen molar-refractivity contribution in [2.45, 2.75) is 18.9 Å². The number of aliphatic carboxylic acids is 1. The van der Waals surface area contributed by atoms with E-state index in [0.29, 0.717) is 19.4 Å². The Morgan fingerprint density at radius 2 is 2.08 bits per heavy atom. The smallest absolute Gasteiger partial charge is 0.320 e. The lowest BCUT2D eigenvalue weighted by atomic mass is 11.1. The molecule has 0 saturated heterocycles. The summed E-state index contributed by atoms with van der Waals surface area (Å²) in [5, 5.41) is 8.38. The first kappa shape index (κ1) is 10.7. The van der Waals surface area contributed by atoms with E-state index in [9.17, 15) is 4.79 Å². The van der Waals surface area contributed by atoms with Crippen molar-refractivity contribution in [1.29, 1.82) is 0 Å². The molecule has 0 aliphatic carbocycles. The Balaban J connectivity index is 3.44. The zero-order valence-corrected chi connectivity index (χ0v) is 6.73. The zero-order valence-electron chi connectivity index (χ0n) is 6.73. The number of aliphatic imine (C=N–C) groups is 1. The first-order valence-electron chi connectivity index (χ1n) is 3.58. The highest BCUT2D eigenvalue weighted by atomic mass is 16.5. The molecule has 7 N–H and O–H groups in total. The van der Waals surface area contributed by atoms with Gasteiger partial charge in [-0.2, -0.15) is 0 Å². The van der Waals surface area contributed by atoms with Gasteiger partial charge in [-0.15, -0.1) is 0 Å². The van der Waals surface area contributed by atoms with Crippen LogP contribution in [-0.2, 0) is 4.79 Å². The van der Waals surface area contributed by atoms with Gasteiger partial charge in [-0.3, -0.25) is 9.79 Å². The van der Waals surface area contributed by atoms with Crippen molar-refractivity contribution < 1.29 is 9.90 Å². The molecule has 0 aromatic rings. The van der Waals surface area contributed by atoms with Crippen molar-refractivity contribution in [2.75, 3.05) is 6.54 Å². The minimum absolute atomic E-state index is 0.0129. The molecule has 0 aromatic heterocycles. The third kappa shape index (κ3) is 5.48. The van der Waals surface area contributed by atoms with Crippen LogP contribution in [0.1, 0.15) is 12.8 Å². The second kappa shape index (κ2) is 5.36. The number of hydrogen-bond donors (Lipinski definition) is 4. The Morgan fingerprint density at radius 1 is 1.50 bits per heavy atom. The Labute approximate surface area is 70.4 Å². The Kier molecular flexibility index (Phi) is 4.78. The normalized spacial score (nSPS) is 12.1. The number of rotatable bonds is 5. The quantitative estimate of drug-likeness (QED) is 0.176. The number of nitrogens with two attached hydrogens (primary N) is 3. The fourth-order valence-corrected chi connectivity index (χ4v) is 0.643. The monoisotopic (exact) mass is 180 g/mol. The second-order valence-electron chi connectivity index (χ2n) is 2.39. The van der Waals surface area contributed by atoms with Crippen molar-refractivity contribution in [3.05, 3.63) is 0 Å². The molecule has 0 amide bonds. The molecular formula is C6H14N4O2. The standard InChI is InChI=1S/C6H14N4O2/c7-4(5(11)12)2-1-3-10-6(8)9/h4H,1-3,7H2,(H,11,12)(H4,8,9,10)/t4-/m1/s1/i1+1,2+1,3+1,4+1,5+1,6+1. The number of guanidine groups is 1. The van der Waals surface area contributed by atoms with Crippen LogP contribution in [0.25, 0.3) is 0 Å². The summed E-state index contributed by atoms with van der Waals surface area (Å²) in [4.78, 5) is 13.9. The average molecular weight is 180 g/mol. The topological polar surface area (TPSA) is 128 Å². The van der Waals surface area contributed by atoms with Crippen LogP contribution < -0.4 is 17.2 Å². The van der Waals surface area contributed by atoms with Gasteiger partial charge in [-0.1, -0.05) is 0 Å². The molecule has 70 valence electrons. The summed E-state index contributed by atoms with van der Waals surface area (Å²) < 4.78 is 0. The Morgan fingerprint density at radius 3 is 2.50 bits per heavy atom. The van der Waals surface area contributed by atoms with E-state index < -0.39 is 12.0 Å². The molecule has 0 aliphatic heterocycles. The van der Waals surface area contributed by atoms with Gasteiger partial charge in [-0.05, 0) is 12.8 Å². The summed E-state index contributed by atoms with van der Waals surface area (Å²) >= 11 is 0. The molecule has 0 rings (SSSR count). The molecule has 0 spiro atoms.